The fourth-order valence-electron chi connectivity index (χ4n) is 1.10. The van der Waals surface area contributed by atoms with Gasteiger partial charge in [-0.25, -0.2) is 0 Å². The largest absolute Gasteiger partial charge is 0.461 e. The molecule has 1 aromatic rings. The summed E-state index contributed by atoms with van der Waals surface area (Å²) in [7, 11) is 0. The highest BCUT2D eigenvalue weighted by Crippen LogP contribution is 2.12. The van der Waals surface area contributed by atoms with Crippen LogP contribution in [0.5, 0.6) is 0 Å². The molecular formula is C9H12O4. The van der Waals surface area contributed by atoms with Gasteiger partial charge in [0.1, 0.15) is 30.8 Å². The maximum atomic E-state index is 8.73. The first-order valence-corrected chi connectivity index (χ1v) is 4.26. The van der Waals surface area contributed by atoms with Crippen LogP contribution in [0.3, 0.4) is 0 Å². The molecule has 1 aromatic heterocycles. The van der Waals surface area contributed by atoms with Gasteiger partial charge in [-0.05, 0) is 12.1 Å². The molecule has 72 valence electrons. The number of aliphatic hydroxyl groups excluding tert-OH is 1. The molecular weight excluding hydrogens is 172 g/mol. The quantitative estimate of drug-likeness (QED) is 0.747. The molecule has 1 aliphatic heterocycles. The van der Waals surface area contributed by atoms with Crippen molar-refractivity contribution in [1.82, 2.24) is 0 Å². The van der Waals surface area contributed by atoms with E-state index in [9.17, 15) is 0 Å². The van der Waals surface area contributed by atoms with E-state index in [2.05, 4.69) is 0 Å². The van der Waals surface area contributed by atoms with E-state index in [0.29, 0.717) is 25.6 Å². The Morgan fingerprint density at radius 2 is 2.15 bits per heavy atom. The SMILES string of the molecule is OCc1ccc(COC2COC2)o1. The van der Waals surface area contributed by atoms with Gasteiger partial charge >= 0.3 is 0 Å². The molecule has 1 N–H and O–H groups in total. The number of hydrogen-bond donors (Lipinski definition) is 1. The van der Waals surface area contributed by atoms with Gasteiger partial charge < -0.3 is 19.0 Å². The van der Waals surface area contributed by atoms with E-state index >= 15 is 0 Å². The minimum absolute atomic E-state index is 0.0630. The van der Waals surface area contributed by atoms with Crippen LogP contribution in [0, 0.1) is 0 Å². The molecule has 2 rings (SSSR count). The Balaban J connectivity index is 1.79. The second-order valence-corrected chi connectivity index (χ2v) is 3.00. The maximum absolute atomic E-state index is 8.73. The molecule has 0 radical (unpaired) electrons. The molecule has 0 atom stereocenters. The Morgan fingerprint density at radius 3 is 2.69 bits per heavy atom. The van der Waals surface area contributed by atoms with E-state index in [1.54, 1.807) is 6.07 Å². The van der Waals surface area contributed by atoms with Crippen LogP contribution < -0.4 is 0 Å². The fourth-order valence-corrected chi connectivity index (χ4v) is 1.10. The van der Waals surface area contributed by atoms with Crippen LogP contribution in [0.1, 0.15) is 11.5 Å². The van der Waals surface area contributed by atoms with E-state index in [4.69, 9.17) is 19.0 Å². The van der Waals surface area contributed by atoms with Crippen LogP contribution in [0.15, 0.2) is 16.5 Å². The zero-order chi connectivity index (χ0) is 9.10. The summed E-state index contributed by atoms with van der Waals surface area (Å²) in [6.45, 7) is 1.74. The summed E-state index contributed by atoms with van der Waals surface area (Å²) >= 11 is 0. The van der Waals surface area contributed by atoms with E-state index < -0.39 is 0 Å². The van der Waals surface area contributed by atoms with Gasteiger partial charge in [0.25, 0.3) is 0 Å². The zero-order valence-corrected chi connectivity index (χ0v) is 7.23. The standard InChI is InChI=1S/C9H12O4/c10-3-7-1-2-8(13-7)6-12-9-4-11-5-9/h1-2,9-10H,3-6H2. The average Bonchev–Trinajstić information content (AvgIpc) is 2.49. The Morgan fingerprint density at radius 1 is 1.38 bits per heavy atom. The van der Waals surface area contributed by atoms with Crippen molar-refractivity contribution in [2.75, 3.05) is 13.2 Å². The molecule has 1 fully saturated rings. The van der Waals surface area contributed by atoms with Crippen LogP contribution in [-0.2, 0) is 22.7 Å². The van der Waals surface area contributed by atoms with Gasteiger partial charge in [-0.1, -0.05) is 0 Å². The summed E-state index contributed by atoms with van der Waals surface area (Å²) in [6, 6.07) is 3.56. The van der Waals surface area contributed by atoms with Gasteiger partial charge in [0.05, 0.1) is 13.2 Å². The summed E-state index contributed by atoms with van der Waals surface area (Å²) in [4.78, 5) is 0. The highest BCUT2D eigenvalue weighted by molar-refractivity contribution is 5.05. The van der Waals surface area contributed by atoms with Crippen molar-refractivity contribution < 1.29 is 19.0 Å². The average molecular weight is 184 g/mol. The molecule has 0 spiro atoms. The molecule has 0 aliphatic carbocycles. The topological polar surface area (TPSA) is 51.8 Å². The summed E-state index contributed by atoms with van der Waals surface area (Å²) < 4.78 is 15.6. The molecule has 0 saturated carbocycles. The normalized spacial score (nSPS) is 17.3. The van der Waals surface area contributed by atoms with Crippen molar-refractivity contribution in [3.63, 3.8) is 0 Å². The molecule has 2 heterocycles. The molecule has 0 unspecified atom stereocenters. The highest BCUT2D eigenvalue weighted by atomic mass is 16.6. The monoisotopic (exact) mass is 184 g/mol. The van der Waals surface area contributed by atoms with Crippen molar-refractivity contribution >= 4 is 0 Å². The third-order valence-electron chi connectivity index (χ3n) is 1.94. The third-order valence-corrected chi connectivity index (χ3v) is 1.94. The number of rotatable bonds is 4. The molecule has 0 aromatic carbocycles. The lowest BCUT2D eigenvalue weighted by Crippen LogP contribution is -2.35. The van der Waals surface area contributed by atoms with E-state index in [-0.39, 0.29) is 12.7 Å². The Kier molecular flexibility index (Phi) is 2.63. The maximum Gasteiger partial charge on any atom is 0.130 e. The summed E-state index contributed by atoms with van der Waals surface area (Å²) in [5.74, 6) is 1.32. The van der Waals surface area contributed by atoms with E-state index in [0.717, 1.165) is 5.76 Å². The van der Waals surface area contributed by atoms with Gasteiger partial charge in [-0.2, -0.15) is 0 Å². The summed E-state index contributed by atoms with van der Waals surface area (Å²) in [5, 5.41) is 8.73. The number of furan rings is 1. The van der Waals surface area contributed by atoms with Crippen LogP contribution in [0.25, 0.3) is 0 Å². The number of ether oxygens (including phenoxy) is 2. The van der Waals surface area contributed by atoms with Gasteiger partial charge in [0.2, 0.25) is 0 Å². The first-order valence-electron chi connectivity index (χ1n) is 4.26. The smallest absolute Gasteiger partial charge is 0.130 e. The molecule has 0 bridgehead atoms. The van der Waals surface area contributed by atoms with Crippen molar-refractivity contribution in [2.24, 2.45) is 0 Å². The second-order valence-electron chi connectivity index (χ2n) is 3.00. The Labute approximate surface area is 76.1 Å². The molecule has 1 aliphatic rings. The number of aliphatic hydroxyl groups is 1. The lowest BCUT2D eigenvalue weighted by atomic mass is 10.3. The molecule has 13 heavy (non-hydrogen) atoms. The van der Waals surface area contributed by atoms with Gasteiger partial charge in [-0.15, -0.1) is 0 Å². The fraction of sp³-hybridized carbons (Fsp3) is 0.556. The van der Waals surface area contributed by atoms with Gasteiger partial charge in [0, 0.05) is 0 Å². The predicted octanol–water partition coefficient (Wildman–Crippen LogP) is 0.687. The highest BCUT2D eigenvalue weighted by Gasteiger charge is 2.19. The lowest BCUT2D eigenvalue weighted by Gasteiger charge is -2.25. The van der Waals surface area contributed by atoms with Crippen molar-refractivity contribution in [2.45, 2.75) is 19.3 Å². The van der Waals surface area contributed by atoms with E-state index in [1.165, 1.54) is 0 Å². The van der Waals surface area contributed by atoms with Crippen LogP contribution in [-0.4, -0.2) is 24.4 Å². The minimum atomic E-state index is -0.0630. The lowest BCUT2D eigenvalue weighted by molar-refractivity contribution is -0.137. The predicted molar refractivity (Wildman–Crippen MR) is 44.0 cm³/mol. The van der Waals surface area contributed by atoms with Crippen LogP contribution in [0.2, 0.25) is 0 Å². The molecule has 0 amide bonds. The summed E-state index contributed by atoms with van der Waals surface area (Å²) in [5.41, 5.74) is 0. The minimum Gasteiger partial charge on any atom is -0.461 e. The summed E-state index contributed by atoms with van der Waals surface area (Å²) in [6.07, 6.45) is 0.211. The van der Waals surface area contributed by atoms with Crippen LogP contribution >= 0.6 is 0 Å². The molecule has 4 heteroatoms. The first-order chi connectivity index (χ1) is 6.38. The van der Waals surface area contributed by atoms with Crippen molar-refractivity contribution in [3.8, 4) is 0 Å². The molecule has 1 saturated heterocycles. The van der Waals surface area contributed by atoms with Gasteiger partial charge in [-0.3, -0.25) is 0 Å². The Hall–Kier alpha value is -0.840. The Bertz CT molecular complexity index is 264. The van der Waals surface area contributed by atoms with E-state index in [1.807, 2.05) is 6.07 Å². The van der Waals surface area contributed by atoms with Crippen molar-refractivity contribution in [3.05, 3.63) is 23.7 Å². The van der Waals surface area contributed by atoms with Crippen LogP contribution in [0.4, 0.5) is 0 Å². The third kappa shape index (κ3) is 2.09. The first kappa shape index (κ1) is 8.74. The van der Waals surface area contributed by atoms with Crippen molar-refractivity contribution in [1.29, 1.82) is 0 Å². The zero-order valence-electron chi connectivity index (χ0n) is 7.23. The second kappa shape index (κ2) is 3.91. The number of hydrogen-bond acceptors (Lipinski definition) is 4. The van der Waals surface area contributed by atoms with Gasteiger partial charge in [0.15, 0.2) is 0 Å². The molecule has 4 nitrogen and oxygen atoms in total.